The first-order chi connectivity index (χ1) is 7.61. The second kappa shape index (κ2) is 4.28. The molecule has 1 atom stereocenters. The Hall–Kier alpha value is -1.31. The predicted octanol–water partition coefficient (Wildman–Crippen LogP) is 4.20. The summed E-state index contributed by atoms with van der Waals surface area (Å²) in [5, 5.41) is 0. The first-order valence-corrected chi connectivity index (χ1v) is 6.11. The molecule has 0 spiro atoms. The van der Waals surface area contributed by atoms with Crippen LogP contribution in [0.1, 0.15) is 57.3 Å². The van der Waals surface area contributed by atoms with E-state index in [9.17, 15) is 0 Å². The molecule has 1 aromatic heterocycles. The molecule has 0 aliphatic carbocycles. The summed E-state index contributed by atoms with van der Waals surface area (Å²) in [7, 11) is 0. The van der Waals surface area contributed by atoms with E-state index in [1.165, 1.54) is 17.5 Å². The van der Waals surface area contributed by atoms with Gasteiger partial charge in [-0.2, -0.15) is 0 Å². The third-order valence-electron chi connectivity index (χ3n) is 3.25. The minimum atomic E-state index is 0.458. The smallest absolute Gasteiger partial charge is 0.109 e. The van der Waals surface area contributed by atoms with E-state index in [2.05, 4.69) is 55.9 Å². The van der Waals surface area contributed by atoms with Gasteiger partial charge in [0.2, 0.25) is 0 Å². The highest BCUT2D eigenvalue weighted by Crippen LogP contribution is 2.23. The van der Waals surface area contributed by atoms with Crippen molar-refractivity contribution in [2.24, 2.45) is 0 Å². The Morgan fingerprint density at radius 2 is 2.00 bits per heavy atom. The summed E-state index contributed by atoms with van der Waals surface area (Å²) in [4.78, 5) is 7.99. The molecule has 2 rings (SSSR count). The Morgan fingerprint density at radius 1 is 1.25 bits per heavy atom. The number of nitrogens with zero attached hydrogens (tertiary/aromatic N) is 1. The first-order valence-electron chi connectivity index (χ1n) is 6.11. The molecular formula is C14H20N2. The molecule has 86 valence electrons. The monoisotopic (exact) mass is 216 g/mol. The van der Waals surface area contributed by atoms with Crippen LogP contribution < -0.4 is 0 Å². The Balaban J connectivity index is 2.45. The van der Waals surface area contributed by atoms with Crippen LogP contribution in [-0.2, 0) is 0 Å². The summed E-state index contributed by atoms with van der Waals surface area (Å²) in [5.41, 5.74) is 3.64. The molecule has 1 heterocycles. The molecule has 0 saturated carbocycles. The van der Waals surface area contributed by atoms with Gasteiger partial charge in [-0.3, -0.25) is 0 Å². The van der Waals surface area contributed by atoms with Crippen molar-refractivity contribution in [1.82, 2.24) is 9.97 Å². The quantitative estimate of drug-likeness (QED) is 0.818. The standard InChI is InChI=1S/C14H20N2/c1-5-10(4)11-6-7-12-13(8-11)16-14(15-12)9(2)3/h6-10H,5H2,1-4H3,(H,15,16). The lowest BCUT2D eigenvalue weighted by atomic mass is 9.98. The van der Waals surface area contributed by atoms with Crippen LogP contribution in [0.25, 0.3) is 11.0 Å². The number of benzene rings is 1. The van der Waals surface area contributed by atoms with Gasteiger partial charge in [0.1, 0.15) is 5.82 Å². The highest BCUT2D eigenvalue weighted by molar-refractivity contribution is 5.76. The number of H-pyrrole nitrogens is 1. The molecule has 0 aliphatic heterocycles. The van der Waals surface area contributed by atoms with Gasteiger partial charge >= 0.3 is 0 Å². The van der Waals surface area contributed by atoms with Crippen LogP contribution in [0.15, 0.2) is 18.2 Å². The molecule has 2 aromatic rings. The fraction of sp³-hybridized carbons (Fsp3) is 0.500. The second-order valence-corrected chi connectivity index (χ2v) is 4.86. The molecule has 1 N–H and O–H groups in total. The molecule has 0 fully saturated rings. The Labute approximate surface area is 97.1 Å². The molecule has 0 saturated heterocycles. The van der Waals surface area contributed by atoms with E-state index in [0.717, 1.165) is 11.3 Å². The van der Waals surface area contributed by atoms with Gasteiger partial charge in [0.15, 0.2) is 0 Å². The van der Waals surface area contributed by atoms with Crippen molar-refractivity contribution in [3.05, 3.63) is 29.6 Å². The lowest BCUT2D eigenvalue weighted by Gasteiger charge is -2.07. The van der Waals surface area contributed by atoms with Crippen molar-refractivity contribution in [2.45, 2.75) is 46.0 Å². The summed E-state index contributed by atoms with van der Waals surface area (Å²) in [6.45, 7) is 8.81. The van der Waals surface area contributed by atoms with Crippen molar-refractivity contribution in [1.29, 1.82) is 0 Å². The van der Waals surface area contributed by atoms with Crippen molar-refractivity contribution < 1.29 is 0 Å². The first kappa shape index (κ1) is 11.2. The number of aromatic nitrogens is 2. The number of rotatable bonds is 3. The summed E-state index contributed by atoms with van der Waals surface area (Å²) in [5.74, 6) is 2.16. The molecular weight excluding hydrogens is 196 g/mol. The van der Waals surface area contributed by atoms with Gasteiger partial charge in [0.25, 0.3) is 0 Å². The van der Waals surface area contributed by atoms with Crippen LogP contribution >= 0.6 is 0 Å². The summed E-state index contributed by atoms with van der Waals surface area (Å²) in [6, 6.07) is 6.56. The van der Waals surface area contributed by atoms with Crippen LogP contribution in [0.2, 0.25) is 0 Å². The molecule has 0 amide bonds. The zero-order valence-electron chi connectivity index (χ0n) is 10.5. The Bertz CT molecular complexity index is 482. The highest BCUT2D eigenvalue weighted by Gasteiger charge is 2.08. The van der Waals surface area contributed by atoms with Gasteiger partial charge < -0.3 is 4.98 Å². The fourth-order valence-corrected chi connectivity index (χ4v) is 1.86. The fourth-order valence-electron chi connectivity index (χ4n) is 1.86. The number of hydrogen-bond donors (Lipinski definition) is 1. The van der Waals surface area contributed by atoms with E-state index >= 15 is 0 Å². The van der Waals surface area contributed by atoms with Gasteiger partial charge in [-0.05, 0) is 30.0 Å². The van der Waals surface area contributed by atoms with Crippen molar-refractivity contribution >= 4 is 11.0 Å². The van der Waals surface area contributed by atoms with Crippen molar-refractivity contribution in [3.8, 4) is 0 Å². The second-order valence-electron chi connectivity index (χ2n) is 4.86. The molecule has 1 aromatic carbocycles. The predicted molar refractivity (Wildman–Crippen MR) is 68.9 cm³/mol. The van der Waals surface area contributed by atoms with Crippen LogP contribution in [0.3, 0.4) is 0 Å². The molecule has 2 heteroatoms. The minimum absolute atomic E-state index is 0.458. The number of imidazole rings is 1. The number of aromatic amines is 1. The molecule has 1 unspecified atom stereocenters. The molecule has 0 aliphatic rings. The minimum Gasteiger partial charge on any atom is -0.342 e. The van der Waals surface area contributed by atoms with Gasteiger partial charge in [0.05, 0.1) is 11.0 Å². The van der Waals surface area contributed by atoms with Crippen LogP contribution in [0.5, 0.6) is 0 Å². The highest BCUT2D eigenvalue weighted by atomic mass is 14.9. The SMILES string of the molecule is CCC(C)c1ccc2nc(C(C)C)[nH]c2c1. The van der Waals surface area contributed by atoms with Gasteiger partial charge in [-0.15, -0.1) is 0 Å². The number of fused-ring (bicyclic) bond motifs is 1. The summed E-state index contributed by atoms with van der Waals surface area (Å²) < 4.78 is 0. The topological polar surface area (TPSA) is 28.7 Å². The average Bonchev–Trinajstić information content (AvgIpc) is 2.70. The van der Waals surface area contributed by atoms with Gasteiger partial charge in [-0.25, -0.2) is 4.98 Å². The Morgan fingerprint density at radius 3 is 2.62 bits per heavy atom. The maximum atomic E-state index is 4.58. The maximum Gasteiger partial charge on any atom is 0.109 e. The Kier molecular flexibility index (Phi) is 2.99. The average molecular weight is 216 g/mol. The van der Waals surface area contributed by atoms with Crippen LogP contribution in [0.4, 0.5) is 0 Å². The summed E-state index contributed by atoms with van der Waals surface area (Å²) >= 11 is 0. The third kappa shape index (κ3) is 1.97. The van der Waals surface area contributed by atoms with E-state index in [-0.39, 0.29) is 0 Å². The van der Waals surface area contributed by atoms with Crippen LogP contribution in [-0.4, -0.2) is 9.97 Å². The number of hydrogen-bond acceptors (Lipinski definition) is 1. The molecule has 2 nitrogen and oxygen atoms in total. The largest absolute Gasteiger partial charge is 0.342 e. The molecule has 0 bridgehead atoms. The van der Waals surface area contributed by atoms with Gasteiger partial charge in [-0.1, -0.05) is 33.8 Å². The van der Waals surface area contributed by atoms with E-state index in [1.54, 1.807) is 0 Å². The maximum absolute atomic E-state index is 4.58. The lowest BCUT2D eigenvalue weighted by molar-refractivity contribution is 0.734. The third-order valence-corrected chi connectivity index (χ3v) is 3.25. The van der Waals surface area contributed by atoms with Gasteiger partial charge in [0, 0.05) is 5.92 Å². The molecule has 0 radical (unpaired) electrons. The van der Waals surface area contributed by atoms with Crippen molar-refractivity contribution in [3.63, 3.8) is 0 Å². The van der Waals surface area contributed by atoms with E-state index < -0.39 is 0 Å². The van der Waals surface area contributed by atoms with E-state index in [0.29, 0.717) is 11.8 Å². The number of nitrogens with one attached hydrogen (secondary N) is 1. The van der Waals surface area contributed by atoms with Crippen LogP contribution in [0, 0.1) is 0 Å². The zero-order chi connectivity index (χ0) is 11.7. The van der Waals surface area contributed by atoms with E-state index in [4.69, 9.17) is 0 Å². The van der Waals surface area contributed by atoms with E-state index in [1.807, 2.05) is 0 Å². The van der Waals surface area contributed by atoms with Crippen molar-refractivity contribution in [2.75, 3.05) is 0 Å². The normalized spacial score (nSPS) is 13.6. The lowest BCUT2D eigenvalue weighted by Crippen LogP contribution is -1.90. The molecule has 16 heavy (non-hydrogen) atoms. The summed E-state index contributed by atoms with van der Waals surface area (Å²) in [6.07, 6.45) is 1.18. The zero-order valence-corrected chi connectivity index (χ0v) is 10.5.